The van der Waals surface area contributed by atoms with Crippen LogP contribution in [-0.2, 0) is 0 Å². The lowest BCUT2D eigenvalue weighted by atomic mass is 10.1. The second kappa shape index (κ2) is 4.80. The van der Waals surface area contributed by atoms with E-state index in [1.54, 1.807) is 0 Å². The van der Waals surface area contributed by atoms with Gasteiger partial charge in [-0.2, -0.15) is 0 Å². The van der Waals surface area contributed by atoms with Crippen LogP contribution >= 0.6 is 15.9 Å². The van der Waals surface area contributed by atoms with Gasteiger partial charge in [0.05, 0.1) is 11.4 Å². The van der Waals surface area contributed by atoms with E-state index in [-0.39, 0.29) is 0 Å². The van der Waals surface area contributed by atoms with Crippen LogP contribution in [0, 0.1) is 6.92 Å². The minimum atomic E-state index is 0.793. The molecule has 2 aromatic rings. The SMILES string of the molecule is Cc1ccc(N)c(N(C)c2ccc(Br)cc2)c1. The van der Waals surface area contributed by atoms with Crippen molar-refractivity contribution in [3.63, 3.8) is 0 Å². The number of nitrogens with zero attached hydrogens (tertiary/aromatic N) is 1. The lowest BCUT2D eigenvalue weighted by Crippen LogP contribution is -2.11. The quantitative estimate of drug-likeness (QED) is 0.844. The number of nitrogens with two attached hydrogens (primary N) is 1. The number of anilines is 3. The topological polar surface area (TPSA) is 29.3 Å². The summed E-state index contributed by atoms with van der Waals surface area (Å²) in [5.74, 6) is 0. The van der Waals surface area contributed by atoms with Crippen molar-refractivity contribution in [2.24, 2.45) is 0 Å². The lowest BCUT2D eigenvalue weighted by Gasteiger charge is -2.21. The Balaban J connectivity index is 2.39. The van der Waals surface area contributed by atoms with Crippen LogP contribution in [0.3, 0.4) is 0 Å². The van der Waals surface area contributed by atoms with Crippen molar-refractivity contribution in [1.29, 1.82) is 0 Å². The van der Waals surface area contributed by atoms with Gasteiger partial charge in [-0.25, -0.2) is 0 Å². The molecule has 3 heteroatoms. The van der Waals surface area contributed by atoms with E-state index in [0.717, 1.165) is 21.5 Å². The third-order valence-corrected chi connectivity index (χ3v) is 3.29. The van der Waals surface area contributed by atoms with E-state index in [0.29, 0.717) is 0 Å². The van der Waals surface area contributed by atoms with Gasteiger partial charge in [0.25, 0.3) is 0 Å². The van der Waals surface area contributed by atoms with Gasteiger partial charge in [-0.15, -0.1) is 0 Å². The second-order valence-corrected chi connectivity index (χ2v) is 5.01. The molecule has 0 aromatic heterocycles. The molecular weight excluding hydrogens is 276 g/mol. The molecule has 2 N–H and O–H groups in total. The number of hydrogen-bond acceptors (Lipinski definition) is 2. The highest BCUT2D eigenvalue weighted by Gasteiger charge is 2.07. The molecule has 2 rings (SSSR count). The molecule has 0 amide bonds. The first-order valence-electron chi connectivity index (χ1n) is 5.43. The Morgan fingerprint density at radius 2 is 1.71 bits per heavy atom. The van der Waals surface area contributed by atoms with Crippen molar-refractivity contribution in [1.82, 2.24) is 0 Å². The molecule has 0 radical (unpaired) electrons. The largest absolute Gasteiger partial charge is 0.397 e. The standard InChI is InChI=1S/C14H15BrN2/c1-10-3-8-13(16)14(9-10)17(2)12-6-4-11(15)5-7-12/h3-9H,16H2,1-2H3. The van der Waals surface area contributed by atoms with Crippen LogP contribution in [0.1, 0.15) is 5.56 Å². The highest BCUT2D eigenvalue weighted by atomic mass is 79.9. The maximum Gasteiger partial charge on any atom is 0.0644 e. The van der Waals surface area contributed by atoms with Gasteiger partial charge in [0.1, 0.15) is 0 Å². The summed E-state index contributed by atoms with van der Waals surface area (Å²) in [6.07, 6.45) is 0. The fourth-order valence-electron chi connectivity index (χ4n) is 1.75. The van der Waals surface area contributed by atoms with Crippen molar-refractivity contribution >= 4 is 33.0 Å². The summed E-state index contributed by atoms with van der Waals surface area (Å²) in [7, 11) is 2.02. The first-order valence-corrected chi connectivity index (χ1v) is 6.22. The summed E-state index contributed by atoms with van der Waals surface area (Å²) in [5.41, 5.74) is 10.2. The molecule has 2 nitrogen and oxygen atoms in total. The van der Waals surface area contributed by atoms with Crippen molar-refractivity contribution in [2.45, 2.75) is 6.92 Å². The molecule has 88 valence electrons. The molecular formula is C14H15BrN2. The number of benzene rings is 2. The van der Waals surface area contributed by atoms with Crippen LogP contribution < -0.4 is 10.6 Å². The molecule has 0 heterocycles. The molecule has 0 bridgehead atoms. The zero-order chi connectivity index (χ0) is 12.4. The molecule has 17 heavy (non-hydrogen) atoms. The lowest BCUT2D eigenvalue weighted by molar-refractivity contribution is 1.20. The highest BCUT2D eigenvalue weighted by Crippen LogP contribution is 2.30. The van der Waals surface area contributed by atoms with Crippen molar-refractivity contribution < 1.29 is 0 Å². The molecule has 0 aliphatic rings. The minimum Gasteiger partial charge on any atom is -0.397 e. The third kappa shape index (κ3) is 2.61. The number of nitrogen functional groups attached to an aromatic ring is 1. The average molecular weight is 291 g/mol. The Morgan fingerprint density at radius 3 is 2.35 bits per heavy atom. The predicted octanol–water partition coefficient (Wildman–Crippen LogP) is 4.11. The van der Waals surface area contributed by atoms with Gasteiger partial charge < -0.3 is 10.6 Å². The summed E-state index contributed by atoms with van der Waals surface area (Å²) < 4.78 is 1.08. The monoisotopic (exact) mass is 290 g/mol. The van der Waals surface area contributed by atoms with E-state index in [2.05, 4.69) is 46.0 Å². The smallest absolute Gasteiger partial charge is 0.0644 e. The summed E-state index contributed by atoms with van der Waals surface area (Å²) in [4.78, 5) is 2.09. The van der Waals surface area contributed by atoms with Gasteiger partial charge in [-0.1, -0.05) is 22.0 Å². The highest BCUT2D eigenvalue weighted by molar-refractivity contribution is 9.10. The number of hydrogen-bond donors (Lipinski definition) is 1. The van der Waals surface area contributed by atoms with E-state index in [4.69, 9.17) is 5.73 Å². The van der Waals surface area contributed by atoms with Crippen molar-refractivity contribution in [3.05, 3.63) is 52.5 Å². The van der Waals surface area contributed by atoms with E-state index in [9.17, 15) is 0 Å². The summed E-state index contributed by atoms with van der Waals surface area (Å²) in [5, 5.41) is 0. The predicted molar refractivity (Wildman–Crippen MR) is 77.8 cm³/mol. The fraction of sp³-hybridized carbons (Fsp3) is 0.143. The van der Waals surface area contributed by atoms with Gasteiger partial charge >= 0.3 is 0 Å². The van der Waals surface area contributed by atoms with Gasteiger partial charge in [0.15, 0.2) is 0 Å². The van der Waals surface area contributed by atoms with Crippen LogP contribution in [0.4, 0.5) is 17.1 Å². The zero-order valence-corrected chi connectivity index (χ0v) is 11.5. The Kier molecular flexibility index (Phi) is 3.38. The first kappa shape index (κ1) is 12.0. The van der Waals surface area contributed by atoms with Crippen LogP contribution in [0.2, 0.25) is 0 Å². The number of rotatable bonds is 2. The molecule has 2 aromatic carbocycles. The summed E-state index contributed by atoms with van der Waals surface area (Å²) in [6.45, 7) is 2.07. The summed E-state index contributed by atoms with van der Waals surface area (Å²) >= 11 is 3.43. The van der Waals surface area contributed by atoms with Crippen LogP contribution in [0.15, 0.2) is 46.9 Å². The van der Waals surface area contributed by atoms with Gasteiger partial charge in [-0.3, -0.25) is 0 Å². The Bertz CT molecular complexity index is 520. The Labute approximate surface area is 110 Å². The van der Waals surface area contributed by atoms with Crippen LogP contribution in [0.25, 0.3) is 0 Å². The van der Waals surface area contributed by atoms with E-state index >= 15 is 0 Å². The maximum absolute atomic E-state index is 6.01. The molecule has 0 fully saturated rings. The zero-order valence-electron chi connectivity index (χ0n) is 9.94. The summed E-state index contributed by atoms with van der Waals surface area (Å²) in [6, 6.07) is 14.2. The molecule has 0 unspecified atom stereocenters. The molecule has 0 atom stereocenters. The van der Waals surface area contributed by atoms with E-state index in [1.807, 2.05) is 31.3 Å². The molecule has 0 saturated carbocycles. The Morgan fingerprint density at radius 1 is 1.06 bits per heavy atom. The van der Waals surface area contributed by atoms with Crippen molar-refractivity contribution in [3.8, 4) is 0 Å². The molecule has 0 saturated heterocycles. The number of aryl methyl sites for hydroxylation is 1. The normalized spacial score (nSPS) is 10.3. The Hall–Kier alpha value is -1.48. The fourth-order valence-corrected chi connectivity index (χ4v) is 2.01. The van der Waals surface area contributed by atoms with E-state index < -0.39 is 0 Å². The maximum atomic E-state index is 6.01. The minimum absolute atomic E-state index is 0.793. The van der Waals surface area contributed by atoms with Crippen LogP contribution in [0.5, 0.6) is 0 Å². The van der Waals surface area contributed by atoms with E-state index in [1.165, 1.54) is 5.56 Å². The van der Waals surface area contributed by atoms with Crippen molar-refractivity contribution in [2.75, 3.05) is 17.7 Å². The van der Waals surface area contributed by atoms with Gasteiger partial charge in [0.2, 0.25) is 0 Å². The van der Waals surface area contributed by atoms with Crippen LogP contribution in [-0.4, -0.2) is 7.05 Å². The molecule has 0 aliphatic carbocycles. The van der Waals surface area contributed by atoms with Gasteiger partial charge in [0, 0.05) is 17.2 Å². The molecule has 0 spiro atoms. The second-order valence-electron chi connectivity index (χ2n) is 4.10. The van der Waals surface area contributed by atoms with Gasteiger partial charge in [-0.05, 0) is 48.9 Å². The molecule has 0 aliphatic heterocycles. The average Bonchev–Trinajstić information content (AvgIpc) is 2.32. The first-order chi connectivity index (χ1) is 8.08. The third-order valence-electron chi connectivity index (χ3n) is 2.76. The number of halogens is 1.